The van der Waals surface area contributed by atoms with Gasteiger partial charge in [-0.3, -0.25) is 9.71 Å². The summed E-state index contributed by atoms with van der Waals surface area (Å²) in [6, 6.07) is 9.09. The number of amidine groups is 1. The van der Waals surface area contributed by atoms with Crippen LogP contribution in [-0.4, -0.2) is 43.6 Å². The number of aryl methyl sites for hydroxylation is 1. The third-order valence-corrected chi connectivity index (χ3v) is 8.01. The van der Waals surface area contributed by atoms with Gasteiger partial charge in [0.15, 0.2) is 11.0 Å². The van der Waals surface area contributed by atoms with Gasteiger partial charge in [0, 0.05) is 29.4 Å². The number of hydrogen-bond donors (Lipinski definition) is 1. The molecule has 0 saturated carbocycles. The number of fused-ring (bicyclic) bond motifs is 3. The Kier molecular flexibility index (Phi) is 5.83. The molecule has 0 saturated heterocycles. The first-order valence-corrected chi connectivity index (χ1v) is 13.4. The number of thioether (sulfide) groups is 1. The minimum Gasteiger partial charge on any atom is -0.308 e. The Labute approximate surface area is 205 Å². The van der Waals surface area contributed by atoms with E-state index < -0.39 is 15.8 Å². The summed E-state index contributed by atoms with van der Waals surface area (Å²) in [6.07, 6.45) is 5.41. The second kappa shape index (κ2) is 8.68. The van der Waals surface area contributed by atoms with E-state index in [1.165, 1.54) is 30.0 Å². The number of aliphatic imine (C=N–C) groups is 1. The average Bonchev–Trinajstić information content (AvgIpc) is 3.31. The van der Waals surface area contributed by atoms with Crippen molar-refractivity contribution in [2.24, 2.45) is 4.99 Å². The smallest absolute Gasteiger partial charge is 0.263 e. The zero-order valence-electron chi connectivity index (χ0n) is 18.2. The summed E-state index contributed by atoms with van der Waals surface area (Å²) in [4.78, 5) is 15.4. The summed E-state index contributed by atoms with van der Waals surface area (Å²) in [5.41, 5.74) is 2.04. The average molecular weight is 516 g/mol. The van der Waals surface area contributed by atoms with Crippen LogP contribution >= 0.6 is 23.4 Å². The monoisotopic (exact) mass is 515 g/mol. The third-order valence-electron chi connectivity index (χ3n) is 5.58. The van der Waals surface area contributed by atoms with Crippen LogP contribution in [0.25, 0.3) is 11.6 Å². The molecule has 0 amide bonds. The zero-order valence-corrected chi connectivity index (χ0v) is 20.6. The van der Waals surface area contributed by atoms with Crippen molar-refractivity contribution in [1.82, 2.24) is 9.97 Å². The van der Waals surface area contributed by atoms with Crippen LogP contribution in [0.3, 0.4) is 0 Å². The molecule has 3 heterocycles. The summed E-state index contributed by atoms with van der Waals surface area (Å²) >= 11 is 7.51. The second-order valence-corrected chi connectivity index (χ2v) is 10.5. The van der Waals surface area contributed by atoms with Gasteiger partial charge in [-0.1, -0.05) is 41.6 Å². The number of sulfonamides is 1. The van der Waals surface area contributed by atoms with Crippen LogP contribution in [0.2, 0.25) is 5.02 Å². The summed E-state index contributed by atoms with van der Waals surface area (Å²) in [5, 5.41) is 0.690. The van der Waals surface area contributed by atoms with Gasteiger partial charge in [0.05, 0.1) is 17.3 Å². The predicted octanol–water partition coefficient (Wildman–Crippen LogP) is 4.87. The maximum atomic E-state index is 15.9. The van der Waals surface area contributed by atoms with Crippen molar-refractivity contribution in [3.63, 3.8) is 0 Å². The SMILES string of the molecule is CSc1ncc2c(n1)N1CCN=C1C(c1c(C)ccc(NS(=O)(=O)c3ccccc3Cl)c1F)=C2. The molecule has 0 unspecified atom stereocenters. The highest BCUT2D eigenvalue weighted by Gasteiger charge is 2.33. The van der Waals surface area contributed by atoms with Gasteiger partial charge in [-0.05, 0) is 43.0 Å². The molecule has 7 nitrogen and oxygen atoms in total. The molecule has 0 spiro atoms. The largest absolute Gasteiger partial charge is 0.308 e. The van der Waals surface area contributed by atoms with E-state index in [2.05, 4.69) is 19.7 Å². The number of hydrogen-bond acceptors (Lipinski definition) is 7. The first-order valence-electron chi connectivity index (χ1n) is 10.3. The van der Waals surface area contributed by atoms with Gasteiger partial charge in [0.1, 0.15) is 16.5 Å². The topological polar surface area (TPSA) is 87.6 Å². The summed E-state index contributed by atoms with van der Waals surface area (Å²) in [5.74, 6) is 0.640. The molecule has 0 aliphatic carbocycles. The molecule has 1 aromatic heterocycles. The molecule has 34 heavy (non-hydrogen) atoms. The Balaban J connectivity index is 1.62. The maximum absolute atomic E-state index is 15.9. The lowest BCUT2D eigenvalue weighted by Crippen LogP contribution is -2.32. The normalized spacial score (nSPS) is 14.9. The number of anilines is 2. The fraction of sp³-hybridized carbons (Fsp3) is 0.174. The summed E-state index contributed by atoms with van der Waals surface area (Å²) in [7, 11) is -4.11. The van der Waals surface area contributed by atoms with E-state index in [1.54, 1.807) is 37.4 Å². The zero-order chi connectivity index (χ0) is 24.0. The minimum absolute atomic E-state index is 0.0508. The second-order valence-electron chi connectivity index (χ2n) is 7.71. The Morgan fingerprint density at radius 2 is 2.00 bits per heavy atom. The molecule has 3 aromatic rings. The summed E-state index contributed by atoms with van der Waals surface area (Å²) in [6.45, 7) is 2.93. The predicted molar refractivity (Wildman–Crippen MR) is 135 cm³/mol. The van der Waals surface area contributed by atoms with Gasteiger partial charge in [-0.2, -0.15) is 0 Å². The highest BCUT2D eigenvalue weighted by atomic mass is 35.5. The molecular weight excluding hydrogens is 497 g/mol. The van der Waals surface area contributed by atoms with Crippen LogP contribution < -0.4 is 9.62 Å². The molecular formula is C23H19ClFN5O2S2. The summed E-state index contributed by atoms with van der Waals surface area (Å²) < 4.78 is 44.1. The van der Waals surface area contributed by atoms with E-state index in [1.807, 2.05) is 11.2 Å². The highest BCUT2D eigenvalue weighted by molar-refractivity contribution is 7.98. The van der Waals surface area contributed by atoms with Crippen molar-refractivity contribution in [2.45, 2.75) is 17.0 Å². The number of benzene rings is 2. The van der Waals surface area contributed by atoms with Crippen molar-refractivity contribution in [3.05, 3.63) is 70.1 Å². The lowest BCUT2D eigenvalue weighted by Gasteiger charge is -2.28. The fourth-order valence-corrected chi connectivity index (χ4v) is 5.93. The fourth-order valence-electron chi connectivity index (χ4n) is 4.02. The molecule has 0 bridgehead atoms. The first-order chi connectivity index (χ1) is 16.3. The van der Waals surface area contributed by atoms with Crippen molar-refractivity contribution in [1.29, 1.82) is 0 Å². The van der Waals surface area contributed by atoms with Gasteiger partial charge < -0.3 is 4.90 Å². The quantitative estimate of drug-likeness (QED) is 0.385. The molecule has 2 aliphatic rings. The molecule has 5 rings (SSSR count). The van der Waals surface area contributed by atoms with Crippen LogP contribution in [-0.2, 0) is 10.0 Å². The van der Waals surface area contributed by atoms with Crippen molar-refractivity contribution in [2.75, 3.05) is 29.0 Å². The van der Waals surface area contributed by atoms with Gasteiger partial charge in [0.2, 0.25) is 0 Å². The molecule has 1 N–H and O–H groups in total. The van der Waals surface area contributed by atoms with E-state index >= 15 is 4.39 Å². The number of nitrogens with zero attached hydrogens (tertiary/aromatic N) is 4. The number of halogens is 2. The lowest BCUT2D eigenvalue weighted by atomic mass is 9.94. The van der Waals surface area contributed by atoms with Crippen molar-refractivity contribution >= 4 is 62.4 Å². The molecule has 0 radical (unpaired) electrons. The highest BCUT2D eigenvalue weighted by Crippen LogP contribution is 2.39. The van der Waals surface area contributed by atoms with E-state index in [0.717, 1.165) is 11.4 Å². The first kappa shape index (κ1) is 22.8. The Morgan fingerprint density at radius 1 is 1.21 bits per heavy atom. The lowest BCUT2D eigenvalue weighted by molar-refractivity contribution is 0.598. The van der Waals surface area contributed by atoms with Crippen LogP contribution in [0.1, 0.15) is 16.7 Å². The van der Waals surface area contributed by atoms with Gasteiger partial charge in [-0.25, -0.2) is 22.8 Å². The maximum Gasteiger partial charge on any atom is 0.263 e. The van der Waals surface area contributed by atoms with Gasteiger partial charge in [0.25, 0.3) is 10.0 Å². The van der Waals surface area contributed by atoms with E-state index in [0.29, 0.717) is 35.2 Å². The standard InChI is InChI=1S/C23H19ClFN5O2S2/c1-13-7-8-17(29-34(31,32)18-6-4-3-5-16(18)24)20(25)19(13)15-11-14-12-27-23(33-2)28-21(14)30-10-9-26-22(15)30/h3-8,11-12,29H,9-10H2,1-2H3. The Hall–Kier alpha value is -2.95. The molecule has 0 fully saturated rings. The number of nitrogens with one attached hydrogen (secondary N) is 1. The Morgan fingerprint density at radius 3 is 2.76 bits per heavy atom. The number of aromatic nitrogens is 2. The van der Waals surface area contributed by atoms with Crippen molar-refractivity contribution in [3.8, 4) is 0 Å². The van der Waals surface area contributed by atoms with Crippen LogP contribution in [0, 0.1) is 12.7 Å². The molecule has 2 aliphatic heterocycles. The molecule has 0 atom stereocenters. The van der Waals surface area contributed by atoms with Gasteiger partial charge >= 0.3 is 0 Å². The van der Waals surface area contributed by atoms with E-state index in [4.69, 9.17) is 11.6 Å². The van der Waals surface area contributed by atoms with E-state index in [9.17, 15) is 8.42 Å². The Bertz CT molecular complexity index is 1490. The van der Waals surface area contributed by atoms with Gasteiger partial charge in [-0.15, -0.1) is 0 Å². The van der Waals surface area contributed by atoms with E-state index in [-0.39, 0.29) is 21.2 Å². The van der Waals surface area contributed by atoms with Crippen molar-refractivity contribution < 1.29 is 12.8 Å². The third kappa shape index (κ3) is 3.85. The minimum atomic E-state index is -4.11. The molecule has 2 aromatic carbocycles. The van der Waals surface area contributed by atoms with Crippen LogP contribution in [0.5, 0.6) is 0 Å². The number of rotatable bonds is 5. The molecule has 11 heteroatoms. The molecule has 174 valence electrons. The van der Waals surface area contributed by atoms with Crippen LogP contribution in [0.15, 0.2) is 57.6 Å². The van der Waals surface area contributed by atoms with Crippen LogP contribution in [0.4, 0.5) is 15.9 Å².